The average molecular weight is 439 g/mol. The normalized spacial score (nSPS) is 14.4. The lowest BCUT2D eigenvalue weighted by Gasteiger charge is -2.32. The highest BCUT2D eigenvalue weighted by molar-refractivity contribution is 6.30. The Hall–Kier alpha value is -1.82. The molecule has 2 aromatic rings. The van der Waals surface area contributed by atoms with E-state index in [1.807, 2.05) is 51.1 Å². The molecule has 1 aromatic carbocycles. The highest BCUT2D eigenvalue weighted by Crippen LogP contribution is 2.33. The minimum absolute atomic E-state index is 0.208. The lowest BCUT2D eigenvalue weighted by Crippen LogP contribution is -2.42. The summed E-state index contributed by atoms with van der Waals surface area (Å²) in [7, 11) is 0. The number of hydrogen-bond acceptors (Lipinski definition) is 4. The van der Waals surface area contributed by atoms with Gasteiger partial charge in [0.1, 0.15) is 11.6 Å². The van der Waals surface area contributed by atoms with E-state index in [9.17, 15) is 9.90 Å². The molecule has 0 spiro atoms. The van der Waals surface area contributed by atoms with Crippen LogP contribution in [0.15, 0.2) is 48.7 Å². The molecular formula is C22H28Cl2N2O3. The van der Waals surface area contributed by atoms with Gasteiger partial charge in [0.05, 0.1) is 17.3 Å². The lowest BCUT2D eigenvalue weighted by molar-refractivity contribution is 0.00703. The summed E-state index contributed by atoms with van der Waals surface area (Å²) in [6, 6.07) is 12.4. The third-order valence-corrected chi connectivity index (χ3v) is 4.63. The molecule has 1 N–H and O–H groups in total. The number of carbonyl (C=O) groups excluding carboxylic acids is 1. The van der Waals surface area contributed by atoms with Crippen molar-refractivity contribution in [1.82, 2.24) is 9.88 Å². The first-order valence-electron chi connectivity index (χ1n) is 9.62. The van der Waals surface area contributed by atoms with E-state index in [1.165, 1.54) is 6.20 Å². The molecule has 1 aromatic heterocycles. The van der Waals surface area contributed by atoms with Crippen molar-refractivity contribution in [2.45, 2.75) is 45.3 Å². The van der Waals surface area contributed by atoms with E-state index in [0.29, 0.717) is 23.2 Å². The van der Waals surface area contributed by atoms with Crippen molar-refractivity contribution in [2.75, 3.05) is 13.2 Å². The number of benzene rings is 1. The fraction of sp³-hybridized carbons (Fsp3) is 0.455. The Morgan fingerprint density at radius 3 is 2.24 bits per heavy atom. The minimum Gasteiger partial charge on any atom is -0.444 e. The van der Waals surface area contributed by atoms with Crippen LogP contribution in [-0.4, -0.2) is 39.8 Å². The zero-order valence-electron chi connectivity index (χ0n) is 17.0. The summed E-state index contributed by atoms with van der Waals surface area (Å²) in [6.07, 6.45) is 3.30. The number of hydrogen-bond donors (Lipinski definition) is 1. The number of aromatic nitrogens is 1. The number of aliphatic hydroxyl groups excluding tert-OH is 1. The monoisotopic (exact) mass is 438 g/mol. The van der Waals surface area contributed by atoms with Crippen LogP contribution in [0.2, 0.25) is 10.0 Å². The van der Waals surface area contributed by atoms with Crippen molar-refractivity contribution in [1.29, 1.82) is 0 Å². The topological polar surface area (TPSA) is 62.7 Å². The molecule has 1 aliphatic rings. The van der Waals surface area contributed by atoms with Gasteiger partial charge in [-0.2, -0.15) is 0 Å². The fourth-order valence-corrected chi connectivity index (χ4v) is 2.84. The molecule has 3 rings (SSSR count). The fourth-order valence-electron chi connectivity index (χ4n) is 2.58. The highest BCUT2D eigenvalue weighted by atomic mass is 35.5. The Labute approximate surface area is 182 Å². The number of pyridine rings is 1. The summed E-state index contributed by atoms with van der Waals surface area (Å²) < 4.78 is 5.48. The van der Waals surface area contributed by atoms with Gasteiger partial charge in [0.2, 0.25) is 0 Å². The molecule has 7 heteroatoms. The van der Waals surface area contributed by atoms with Crippen LogP contribution in [0, 0.1) is 5.92 Å². The summed E-state index contributed by atoms with van der Waals surface area (Å²) in [5.41, 5.74) is 0.0326. The maximum Gasteiger partial charge on any atom is 0.410 e. The number of aliphatic hydroxyl groups is 1. The summed E-state index contributed by atoms with van der Waals surface area (Å²) >= 11 is 11.4. The van der Waals surface area contributed by atoms with E-state index >= 15 is 0 Å². The first kappa shape index (κ1) is 23.5. The minimum atomic E-state index is -0.577. The van der Waals surface area contributed by atoms with Crippen molar-refractivity contribution in [3.63, 3.8) is 0 Å². The first-order chi connectivity index (χ1) is 13.7. The van der Waals surface area contributed by atoms with E-state index in [0.717, 1.165) is 17.9 Å². The maximum atomic E-state index is 12.5. The molecule has 29 heavy (non-hydrogen) atoms. The summed E-state index contributed by atoms with van der Waals surface area (Å²) in [6.45, 7) is 5.85. The van der Waals surface area contributed by atoms with Crippen molar-refractivity contribution in [3.8, 4) is 0 Å². The van der Waals surface area contributed by atoms with Crippen LogP contribution in [0.25, 0.3) is 0 Å². The van der Waals surface area contributed by atoms with Crippen LogP contribution in [0.5, 0.6) is 0 Å². The third kappa shape index (κ3) is 8.60. The second-order valence-corrected chi connectivity index (χ2v) is 8.84. The smallest absolute Gasteiger partial charge is 0.410 e. The zero-order valence-corrected chi connectivity index (χ0v) is 18.5. The summed E-state index contributed by atoms with van der Waals surface area (Å²) in [4.78, 5) is 18.3. The molecule has 1 unspecified atom stereocenters. The third-order valence-electron chi connectivity index (χ3n) is 4.15. The van der Waals surface area contributed by atoms with Gasteiger partial charge in [0.25, 0.3) is 0 Å². The Bertz CT molecular complexity index is 760. The van der Waals surface area contributed by atoms with Gasteiger partial charge in [-0.25, -0.2) is 4.79 Å². The quantitative estimate of drug-likeness (QED) is 0.644. The van der Waals surface area contributed by atoms with Crippen LogP contribution >= 0.6 is 23.2 Å². The number of carbonyl (C=O) groups is 1. The second kappa shape index (κ2) is 10.8. The molecule has 1 atom stereocenters. The molecule has 0 radical (unpaired) electrons. The highest BCUT2D eigenvalue weighted by Gasteiger charge is 2.34. The Morgan fingerprint density at radius 1 is 1.17 bits per heavy atom. The lowest BCUT2D eigenvalue weighted by atomic mass is 10.1. The van der Waals surface area contributed by atoms with Crippen LogP contribution in [0.3, 0.4) is 0 Å². The van der Waals surface area contributed by atoms with Gasteiger partial charge in [-0.15, -0.1) is 0 Å². The van der Waals surface area contributed by atoms with E-state index in [4.69, 9.17) is 27.9 Å². The molecule has 1 heterocycles. The number of ether oxygens (including phenoxy) is 1. The Balaban J connectivity index is 0.000000360. The van der Waals surface area contributed by atoms with E-state index < -0.39 is 17.7 Å². The summed E-state index contributed by atoms with van der Waals surface area (Å²) in [5.74, 6) is 0.480. The largest absolute Gasteiger partial charge is 0.444 e. The molecular weight excluding hydrogens is 411 g/mol. The predicted octanol–water partition coefficient (Wildman–Crippen LogP) is 5.76. The van der Waals surface area contributed by atoms with Crippen LogP contribution in [0.1, 0.15) is 45.3 Å². The van der Waals surface area contributed by atoms with Gasteiger partial charge >= 0.3 is 6.09 Å². The van der Waals surface area contributed by atoms with Crippen molar-refractivity contribution in [2.24, 2.45) is 5.92 Å². The SMILES string of the molecule is CC(C)(C)OC(=O)N(CC1CC1)C(CO)c1ccc(Cl)cn1.Clc1ccccc1. The molecule has 5 nitrogen and oxygen atoms in total. The summed E-state index contributed by atoms with van der Waals surface area (Å²) in [5, 5.41) is 11.1. The number of amides is 1. The molecule has 1 aliphatic carbocycles. The molecule has 0 aliphatic heterocycles. The van der Waals surface area contributed by atoms with Crippen LogP contribution < -0.4 is 0 Å². The van der Waals surface area contributed by atoms with E-state index in [1.54, 1.807) is 17.0 Å². The molecule has 1 amide bonds. The van der Waals surface area contributed by atoms with Crippen molar-refractivity contribution in [3.05, 3.63) is 64.4 Å². The predicted molar refractivity (Wildman–Crippen MR) is 116 cm³/mol. The molecule has 0 saturated heterocycles. The standard InChI is InChI=1S/C16H23ClN2O3.C6H5Cl/c1-16(2,3)22-15(21)19(9-11-4-5-11)14(10-20)13-7-6-12(17)8-18-13;7-6-4-2-1-3-5-6/h6-8,11,14,20H,4-5,9-10H2,1-3H3;1-5H. The first-order valence-corrected chi connectivity index (χ1v) is 10.4. The number of nitrogens with zero attached hydrogens (tertiary/aromatic N) is 2. The zero-order chi connectivity index (χ0) is 21.4. The van der Waals surface area contributed by atoms with Gasteiger partial charge in [-0.3, -0.25) is 9.88 Å². The van der Waals surface area contributed by atoms with Crippen molar-refractivity contribution < 1.29 is 14.6 Å². The van der Waals surface area contributed by atoms with Gasteiger partial charge in [0.15, 0.2) is 0 Å². The van der Waals surface area contributed by atoms with Gasteiger partial charge in [-0.05, 0) is 63.8 Å². The van der Waals surface area contributed by atoms with Gasteiger partial charge in [0, 0.05) is 17.8 Å². The average Bonchev–Trinajstić information content (AvgIpc) is 3.47. The van der Waals surface area contributed by atoms with Crippen molar-refractivity contribution >= 4 is 29.3 Å². The van der Waals surface area contributed by atoms with E-state index in [2.05, 4.69) is 4.98 Å². The molecule has 158 valence electrons. The number of rotatable bonds is 5. The Morgan fingerprint density at radius 2 is 1.83 bits per heavy atom. The van der Waals surface area contributed by atoms with Crippen LogP contribution in [0.4, 0.5) is 4.79 Å². The van der Waals surface area contributed by atoms with E-state index in [-0.39, 0.29) is 6.61 Å². The van der Waals surface area contributed by atoms with Gasteiger partial charge in [-0.1, -0.05) is 41.4 Å². The van der Waals surface area contributed by atoms with Crippen LogP contribution in [-0.2, 0) is 4.74 Å². The molecule has 1 fully saturated rings. The second-order valence-electron chi connectivity index (χ2n) is 7.97. The maximum absolute atomic E-state index is 12.5. The van der Waals surface area contributed by atoms with Gasteiger partial charge < -0.3 is 9.84 Å². The Kier molecular flexibility index (Phi) is 8.75. The molecule has 1 saturated carbocycles. The molecule has 0 bridgehead atoms. The number of halogens is 2.